The third-order valence-electron chi connectivity index (χ3n) is 7.35. The molecule has 0 radical (unpaired) electrons. The second-order valence-electron chi connectivity index (χ2n) is 9.19. The highest BCUT2D eigenvalue weighted by Crippen LogP contribution is 2.51. The van der Waals surface area contributed by atoms with Gasteiger partial charge in [0.2, 0.25) is 0 Å². The zero-order chi connectivity index (χ0) is 23.4. The van der Waals surface area contributed by atoms with E-state index in [0.29, 0.717) is 50.2 Å². The SMILES string of the molecule is C=C(C1=NNCC1)c1cc(C(F)(F)F)c(N2CCC3(CC2)Cc2ccccc2[C@H]3N)nc1N. The largest absolute Gasteiger partial charge is 0.419 e. The monoisotopic (exact) mass is 456 g/mol. The van der Waals surface area contributed by atoms with Gasteiger partial charge in [0.1, 0.15) is 11.6 Å². The molecule has 1 aliphatic carbocycles. The molecule has 1 spiro atoms. The molecule has 1 aromatic carbocycles. The number of nitrogens with one attached hydrogen (secondary N) is 1. The Morgan fingerprint density at radius 2 is 1.94 bits per heavy atom. The van der Waals surface area contributed by atoms with Gasteiger partial charge >= 0.3 is 6.18 Å². The van der Waals surface area contributed by atoms with Gasteiger partial charge in [0.15, 0.2) is 0 Å². The summed E-state index contributed by atoms with van der Waals surface area (Å²) < 4.78 is 42.3. The molecule has 5 N–H and O–H groups in total. The van der Waals surface area contributed by atoms with Crippen LogP contribution < -0.4 is 21.8 Å². The van der Waals surface area contributed by atoms with E-state index >= 15 is 0 Å². The Labute approximate surface area is 190 Å². The lowest BCUT2D eigenvalue weighted by Gasteiger charge is -2.43. The highest BCUT2D eigenvalue weighted by atomic mass is 19.4. The van der Waals surface area contributed by atoms with Crippen LogP contribution in [0.15, 0.2) is 42.0 Å². The first-order valence-electron chi connectivity index (χ1n) is 11.1. The molecule has 5 rings (SSSR count). The number of halogens is 3. The number of nitrogens with zero attached hydrogens (tertiary/aromatic N) is 3. The van der Waals surface area contributed by atoms with E-state index in [9.17, 15) is 13.2 Å². The van der Waals surface area contributed by atoms with Gasteiger partial charge in [-0.05, 0) is 41.9 Å². The number of fused-ring (bicyclic) bond motifs is 1. The van der Waals surface area contributed by atoms with E-state index in [-0.39, 0.29) is 28.7 Å². The number of nitrogen functional groups attached to an aromatic ring is 1. The zero-order valence-corrected chi connectivity index (χ0v) is 18.3. The number of nitrogens with two attached hydrogens (primary N) is 2. The Balaban J connectivity index is 1.43. The van der Waals surface area contributed by atoms with E-state index in [4.69, 9.17) is 11.5 Å². The van der Waals surface area contributed by atoms with Crippen LogP contribution in [0.5, 0.6) is 0 Å². The summed E-state index contributed by atoms with van der Waals surface area (Å²) in [5.41, 5.74) is 18.2. The predicted octanol–water partition coefficient (Wildman–Crippen LogP) is 3.89. The van der Waals surface area contributed by atoms with Crippen LogP contribution in [0.2, 0.25) is 0 Å². The van der Waals surface area contributed by atoms with Crippen molar-refractivity contribution >= 4 is 22.9 Å². The molecular formula is C24H27F3N6. The van der Waals surface area contributed by atoms with Crippen LogP contribution in [0, 0.1) is 5.41 Å². The van der Waals surface area contributed by atoms with E-state index in [1.165, 1.54) is 5.56 Å². The van der Waals surface area contributed by atoms with Gasteiger partial charge in [0, 0.05) is 43.2 Å². The van der Waals surface area contributed by atoms with Gasteiger partial charge in [0.25, 0.3) is 0 Å². The number of rotatable bonds is 3. The molecule has 1 fully saturated rings. The number of hydrazone groups is 1. The van der Waals surface area contributed by atoms with E-state index in [1.54, 1.807) is 4.90 Å². The Bertz CT molecular complexity index is 1130. The predicted molar refractivity (Wildman–Crippen MR) is 124 cm³/mol. The molecule has 3 aliphatic rings. The fourth-order valence-electron chi connectivity index (χ4n) is 5.43. The van der Waals surface area contributed by atoms with Crippen molar-refractivity contribution in [3.8, 4) is 0 Å². The van der Waals surface area contributed by atoms with Crippen LogP contribution in [0.25, 0.3) is 5.57 Å². The van der Waals surface area contributed by atoms with Crippen molar-refractivity contribution in [2.24, 2.45) is 16.3 Å². The standard InChI is InChI=1S/C24H27F3N6/c1-14(19-6-9-30-32-19)17-12-18(24(25,26)27)22(31-21(17)29)33-10-7-23(8-11-33)13-15-4-2-3-5-16(15)20(23)28/h2-5,12,20,30H,1,6-11,13,28H2,(H2,29,31)/t20-/m1/s1. The minimum Gasteiger partial charge on any atom is -0.383 e. The summed E-state index contributed by atoms with van der Waals surface area (Å²) in [6, 6.07) is 9.10. The first-order valence-corrected chi connectivity index (χ1v) is 11.1. The van der Waals surface area contributed by atoms with Crippen molar-refractivity contribution < 1.29 is 13.2 Å². The van der Waals surface area contributed by atoms with Crippen molar-refractivity contribution in [1.82, 2.24) is 10.4 Å². The molecule has 33 heavy (non-hydrogen) atoms. The molecule has 174 valence electrons. The van der Waals surface area contributed by atoms with Crippen LogP contribution in [0.1, 0.15) is 47.6 Å². The molecule has 1 saturated heterocycles. The van der Waals surface area contributed by atoms with Crippen molar-refractivity contribution in [3.05, 3.63) is 59.2 Å². The summed E-state index contributed by atoms with van der Waals surface area (Å²) in [6.07, 6.45) is -1.75. The van der Waals surface area contributed by atoms with E-state index in [1.807, 2.05) is 12.1 Å². The maximum absolute atomic E-state index is 14.1. The van der Waals surface area contributed by atoms with Gasteiger partial charge in [-0.15, -0.1) is 0 Å². The number of anilines is 2. The van der Waals surface area contributed by atoms with Crippen LogP contribution in [-0.4, -0.2) is 30.3 Å². The lowest BCUT2D eigenvalue weighted by atomic mass is 9.73. The van der Waals surface area contributed by atoms with E-state index < -0.39 is 11.7 Å². The number of aromatic nitrogens is 1. The summed E-state index contributed by atoms with van der Waals surface area (Å²) in [4.78, 5) is 5.94. The highest BCUT2D eigenvalue weighted by Gasteiger charge is 2.47. The molecule has 0 bridgehead atoms. The zero-order valence-electron chi connectivity index (χ0n) is 18.3. The smallest absolute Gasteiger partial charge is 0.383 e. The Morgan fingerprint density at radius 1 is 1.21 bits per heavy atom. The minimum atomic E-state index is -4.57. The van der Waals surface area contributed by atoms with Crippen LogP contribution in [0.3, 0.4) is 0 Å². The van der Waals surface area contributed by atoms with E-state index in [0.717, 1.165) is 18.1 Å². The molecule has 1 aromatic heterocycles. The summed E-state index contributed by atoms with van der Waals surface area (Å²) >= 11 is 0. The first kappa shape index (κ1) is 21.8. The third-order valence-corrected chi connectivity index (χ3v) is 7.35. The average Bonchev–Trinajstić information content (AvgIpc) is 3.41. The maximum Gasteiger partial charge on any atom is 0.419 e. The van der Waals surface area contributed by atoms with Crippen molar-refractivity contribution in [2.45, 2.75) is 37.9 Å². The lowest BCUT2D eigenvalue weighted by molar-refractivity contribution is -0.137. The van der Waals surface area contributed by atoms with Crippen molar-refractivity contribution in [3.63, 3.8) is 0 Å². The Kier molecular flexibility index (Phi) is 5.12. The molecule has 2 aromatic rings. The average molecular weight is 457 g/mol. The van der Waals surface area contributed by atoms with Gasteiger partial charge in [-0.25, -0.2) is 4.98 Å². The van der Waals surface area contributed by atoms with Gasteiger partial charge in [-0.1, -0.05) is 30.8 Å². The van der Waals surface area contributed by atoms with Crippen LogP contribution >= 0.6 is 0 Å². The summed E-state index contributed by atoms with van der Waals surface area (Å²) in [6.45, 7) is 5.42. The number of allylic oxidation sites excluding steroid dienone is 1. The second kappa shape index (κ2) is 7.76. The maximum atomic E-state index is 14.1. The minimum absolute atomic E-state index is 0.0304. The van der Waals surface area contributed by atoms with Gasteiger partial charge in [-0.2, -0.15) is 18.3 Å². The quantitative estimate of drug-likeness (QED) is 0.652. The molecular weight excluding hydrogens is 429 g/mol. The Hall–Kier alpha value is -3.07. The van der Waals surface area contributed by atoms with Crippen LogP contribution in [0.4, 0.5) is 24.8 Å². The number of hydrogen-bond donors (Lipinski definition) is 3. The molecule has 2 aliphatic heterocycles. The second-order valence-corrected chi connectivity index (χ2v) is 9.19. The molecule has 9 heteroatoms. The molecule has 1 atom stereocenters. The van der Waals surface area contributed by atoms with Gasteiger partial charge in [-0.3, -0.25) is 0 Å². The summed E-state index contributed by atoms with van der Waals surface area (Å²) in [5, 5.41) is 4.10. The Morgan fingerprint density at radius 3 is 2.58 bits per heavy atom. The molecule has 0 unspecified atom stereocenters. The van der Waals surface area contributed by atoms with Gasteiger partial charge < -0.3 is 21.8 Å². The number of benzene rings is 1. The summed E-state index contributed by atoms with van der Waals surface area (Å²) in [7, 11) is 0. The van der Waals surface area contributed by atoms with Crippen LogP contribution in [-0.2, 0) is 12.6 Å². The molecule has 6 nitrogen and oxygen atoms in total. The number of piperidine rings is 1. The normalized spacial score (nSPS) is 21.6. The fourth-order valence-corrected chi connectivity index (χ4v) is 5.43. The number of alkyl halides is 3. The first-order chi connectivity index (χ1) is 15.7. The highest BCUT2D eigenvalue weighted by molar-refractivity contribution is 6.24. The molecule has 0 amide bonds. The molecule has 3 heterocycles. The topological polar surface area (TPSA) is 92.6 Å². The third kappa shape index (κ3) is 3.64. The number of hydrogen-bond acceptors (Lipinski definition) is 6. The lowest BCUT2D eigenvalue weighted by Crippen LogP contribution is -2.45. The van der Waals surface area contributed by atoms with Gasteiger partial charge in [0.05, 0.1) is 11.3 Å². The van der Waals surface area contributed by atoms with Crippen molar-refractivity contribution in [2.75, 3.05) is 30.3 Å². The number of pyridine rings is 1. The van der Waals surface area contributed by atoms with E-state index in [2.05, 4.69) is 34.2 Å². The summed E-state index contributed by atoms with van der Waals surface area (Å²) in [5.74, 6) is -0.0928. The van der Waals surface area contributed by atoms with Crippen molar-refractivity contribution in [1.29, 1.82) is 0 Å². The fraction of sp³-hybridized carbons (Fsp3) is 0.417. The molecule has 0 saturated carbocycles.